The van der Waals surface area contributed by atoms with Crippen molar-refractivity contribution in [3.63, 3.8) is 0 Å². The standard InChI is InChI=1S/C13H20N4O2/c1-9(2)17-13(18)11-6-12(16-8-15-11)14-7-10-4-3-5-19-10/h6,8-10H,3-5,7H2,1-2H3,(H,17,18)(H,14,15,16). The van der Waals surface area contributed by atoms with Gasteiger partial charge in [0.2, 0.25) is 0 Å². The minimum atomic E-state index is -0.183. The molecule has 0 aliphatic carbocycles. The SMILES string of the molecule is CC(C)NC(=O)c1cc(NCC2CCCO2)ncn1. The fourth-order valence-electron chi connectivity index (χ4n) is 1.94. The molecule has 104 valence electrons. The van der Waals surface area contributed by atoms with Crippen molar-refractivity contribution < 1.29 is 9.53 Å². The van der Waals surface area contributed by atoms with Crippen LogP contribution in [0.15, 0.2) is 12.4 Å². The average molecular weight is 264 g/mol. The molecule has 1 atom stereocenters. The number of nitrogens with zero attached hydrogens (tertiary/aromatic N) is 2. The minimum absolute atomic E-state index is 0.0887. The fourth-order valence-corrected chi connectivity index (χ4v) is 1.94. The van der Waals surface area contributed by atoms with Gasteiger partial charge in [0.25, 0.3) is 5.91 Å². The molecule has 1 aromatic rings. The summed E-state index contributed by atoms with van der Waals surface area (Å²) in [4.78, 5) is 19.9. The number of hydrogen-bond donors (Lipinski definition) is 2. The van der Waals surface area contributed by atoms with Gasteiger partial charge in [-0.2, -0.15) is 0 Å². The molecule has 6 nitrogen and oxygen atoms in total. The molecule has 1 amide bonds. The highest BCUT2D eigenvalue weighted by Crippen LogP contribution is 2.13. The lowest BCUT2D eigenvalue weighted by atomic mass is 10.2. The maximum absolute atomic E-state index is 11.8. The van der Waals surface area contributed by atoms with Gasteiger partial charge in [0, 0.05) is 25.3 Å². The van der Waals surface area contributed by atoms with Crippen molar-refractivity contribution in [2.75, 3.05) is 18.5 Å². The van der Waals surface area contributed by atoms with E-state index in [9.17, 15) is 4.79 Å². The van der Waals surface area contributed by atoms with Gasteiger partial charge in [0.1, 0.15) is 17.8 Å². The lowest BCUT2D eigenvalue weighted by Gasteiger charge is -2.12. The molecule has 0 aromatic carbocycles. The molecule has 1 fully saturated rings. The number of hydrogen-bond acceptors (Lipinski definition) is 5. The Morgan fingerprint density at radius 2 is 2.37 bits per heavy atom. The third-order valence-corrected chi connectivity index (χ3v) is 2.85. The zero-order valence-electron chi connectivity index (χ0n) is 11.3. The van der Waals surface area contributed by atoms with Gasteiger partial charge in [-0.05, 0) is 26.7 Å². The first kappa shape index (κ1) is 13.7. The van der Waals surface area contributed by atoms with E-state index in [0.717, 1.165) is 19.4 Å². The predicted molar refractivity (Wildman–Crippen MR) is 72.1 cm³/mol. The van der Waals surface area contributed by atoms with Gasteiger partial charge in [0.15, 0.2) is 0 Å². The molecule has 1 aliphatic rings. The van der Waals surface area contributed by atoms with E-state index in [1.165, 1.54) is 6.33 Å². The highest BCUT2D eigenvalue weighted by molar-refractivity contribution is 5.92. The van der Waals surface area contributed by atoms with Crippen molar-refractivity contribution in [3.8, 4) is 0 Å². The molecule has 2 heterocycles. The molecule has 0 radical (unpaired) electrons. The number of nitrogens with one attached hydrogen (secondary N) is 2. The summed E-state index contributed by atoms with van der Waals surface area (Å²) in [5.74, 6) is 0.469. The molecule has 6 heteroatoms. The molecule has 19 heavy (non-hydrogen) atoms. The third-order valence-electron chi connectivity index (χ3n) is 2.85. The summed E-state index contributed by atoms with van der Waals surface area (Å²) in [6.45, 7) is 5.37. The predicted octanol–water partition coefficient (Wildman–Crippen LogP) is 1.21. The van der Waals surface area contributed by atoms with Crippen molar-refractivity contribution in [3.05, 3.63) is 18.1 Å². The monoisotopic (exact) mass is 264 g/mol. The van der Waals surface area contributed by atoms with E-state index in [-0.39, 0.29) is 18.1 Å². The Hall–Kier alpha value is -1.69. The van der Waals surface area contributed by atoms with Gasteiger partial charge in [-0.25, -0.2) is 9.97 Å². The van der Waals surface area contributed by atoms with Crippen LogP contribution >= 0.6 is 0 Å². The molecule has 1 saturated heterocycles. The maximum atomic E-state index is 11.8. The van der Waals surface area contributed by atoms with Crippen molar-refractivity contribution in [1.82, 2.24) is 15.3 Å². The van der Waals surface area contributed by atoms with Crippen LogP contribution in [0.1, 0.15) is 37.2 Å². The van der Waals surface area contributed by atoms with Crippen molar-refractivity contribution in [2.45, 2.75) is 38.8 Å². The van der Waals surface area contributed by atoms with Crippen LogP contribution in [0.25, 0.3) is 0 Å². The topological polar surface area (TPSA) is 76.1 Å². The van der Waals surface area contributed by atoms with E-state index in [1.54, 1.807) is 6.07 Å². The number of ether oxygens (including phenoxy) is 1. The zero-order valence-corrected chi connectivity index (χ0v) is 11.3. The Morgan fingerprint density at radius 3 is 3.05 bits per heavy atom. The van der Waals surface area contributed by atoms with Crippen molar-refractivity contribution >= 4 is 11.7 Å². The number of aromatic nitrogens is 2. The Balaban J connectivity index is 1.92. The van der Waals surface area contributed by atoms with Gasteiger partial charge in [-0.15, -0.1) is 0 Å². The highest BCUT2D eigenvalue weighted by atomic mass is 16.5. The summed E-state index contributed by atoms with van der Waals surface area (Å²) < 4.78 is 5.52. The molecular weight excluding hydrogens is 244 g/mol. The largest absolute Gasteiger partial charge is 0.376 e. The first-order valence-electron chi connectivity index (χ1n) is 6.63. The first-order chi connectivity index (χ1) is 9.15. The number of carbonyl (C=O) groups excluding carboxylic acids is 1. The molecule has 0 bridgehead atoms. The second-order valence-corrected chi connectivity index (χ2v) is 4.93. The Bertz CT molecular complexity index is 430. The van der Waals surface area contributed by atoms with Crippen molar-refractivity contribution in [1.29, 1.82) is 0 Å². The molecule has 0 spiro atoms. The molecular formula is C13H20N4O2. The van der Waals surface area contributed by atoms with Crippen LogP contribution in [0, 0.1) is 0 Å². The first-order valence-corrected chi connectivity index (χ1v) is 6.63. The lowest BCUT2D eigenvalue weighted by molar-refractivity contribution is 0.0938. The third kappa shape index (κ3) is 4.17. The second kappa shape index (κ2) is 6.47. The number of amides is 1. The average Bonchev–Trinajstić information content (AvgIpc) is 2.89. The number of rotatable bonds is 5. The fraction of sp³-hybridized carbons (Fsp3) is 0.615. The van der Waals surface area contributed by atoms with E-state index < -0.39 is 0 Å². The number of anilines is 1. The molecule has 2 N–H and O–H groups in total. The molecule has 1 aliphatic heterocycles. The lowest BCUT2D eigenvalue weighted by Crippen LogP contribution is -2.31. The molecule has 1 unspecified atom stereocenters. The maximum Gasteiger partial charge on any atom is 0.270 e. The van der Waals surface area contributed by atoms with Gasteiger partial charge in [-0.3, -0.25) is 4.79 Å². The highest BCUT2D eigenvalue weighted by Gasteiger charge is 2.15. The Morgan fingerprint density at radius 1 is 1.53 bits per heavy atom. The van der Waals surface area contributed by atoms with E-state index in [2.05, 4.69) is 20.6 Å². The summed E-state index contributed by atoms with van der Waals surface area (Å²) in [5, 5.41) is 5.98. The van der Waals surface area contributed by atoms with Crippen LogP contribution < -0.4 is 10.6 Å². The van der Waals surface area contributed by atoms with Gasteiger partial charge in [-0.1, -0.05) is 0 Å². The van der Waals surface area contributed by atoms with Crippen LogP contribution in [0.3, 0.4) is 0 Å². The van der Waals surface area contributed by atoms with Crippen LogP contribution in [0.4, 0.5) is 5.82 Å². The zero-order chi connectivity index (χ0) is 13.7. The summed E-state index contributed by atoms with van der Waals surface area (Å²) in [5.41, 5.74) is 0.374. The summed E-state index contributed by atoms with van der Waals surface area (Å²) in [7, 11) is 0. The van der Waals surface area contributed by atoms with Gasteiger partial charge >= 0.3 is 0 Å². The van der Waals surface area contributed by atoms with Crippen LogP contribution in [0.2, 0.25) is 0 Å². The van der Waals surface area contributed by atoms with Crippen molar-refractivity contribution in [2.24, 2.45) is 0 Å². The minimum Gasteiger partial charge on any atom is -0.376 e. The second-order valence-electron chi connectivity index (χ2n) is 4.93. The van der Waals surface area contributed by atoms with Gasteiger partial charge in [0.05, 0.1) is 6.10 Å². The molecule has 1 aromatic heterocycles. The summed E-state index contributed by atoms with van der Waals surface area (Å²) >= 11 is 0. The molecule has 0 saturated carbocycles. The van der Waals surface area contributed by atoms with E-state index in [1.807, 2.05) is 13.8 Å². The Kier molecular flexibility index (Phi) is 4.68. The van der Waals surface area contributed by atoms with Crippen LogP contribution in [-0.4, -0.2) is 41.2 Å². The van der Waals surface area contributed by atoms with E-state index in [4.69, 9.17) is 4.74 Å². The number of carbonyl (C=O) groups is 1. The van der Waals surface area contributed by atoms with Gasteiger partial charge < -0.3 is 15.4 Å². The van der Waals surface area contributed by atoms with E-state index in [0.29, 0.717) is 18.1 Å². The molecule has 2 rings (SSSR count). The summed E-state index contributed by atoms with van der Waals surface area (Å²) in [6, 6.07) is 1.75. The van der Waals surface area contributed by atoms with Crippen LogP contribution in [-0.2, 0) is 4.74 Å². The Labute approximate surface area is 113 Å². The van der Waals surface area contributed by atoms with Crippen LogP contribution in [0.5, 0.6) is 0 Å². The van der Waals surface area contributed by atoms with E-state index >= 15 is 0 Å². The normalized spacial score (nSPS) is 18.6. The quantitative estimate of drug-likeness (QED) is 0.836. The smallest absolute Gasteiger partial charge is 0.270 e. The summed E-state index contributed by atoms with van der Waals surface area (Å²) in [6.07, 6.45) is 3.81.